The van der Waals surface area contributed by atoms with Crippen LogP contribution in [0.25, 0.3) is 0 Å². The summed E-state index contributed by atoms with van der Waals surface area (Å²) in [5.74, 6) is 0.320. The van der Waals surface area contributed by atoms with Crippen molar-refractivity contribution >= 4 is 40.5 Å². The highest BCUT2D eigenvalue weighted by Crippen LogP contribution is 2.36. The second-order valence-corrected chi connectivity index (χ2v) is 6.05. The third-order valence-electron chi connectivity index (χ3n) is 3.83. The lowest BCUT2D eigenvalue weighted by Gasteiger charge is -2.29. The first-order valence-corrected chi connectivity index (χ1v) is 7.56. The Morgan fingerprint density at radius 3 is 2.45 bits per heavy atom. The van der Waals surface area contributed by atoms with Gasteiger partial charge >= 0.3 is 0 Å². The number of hydrogen-bond donors (Lipinski definition) is 2. The highest BCUT2D eigenvalue weighted by molar-refractivity contribution is 7.80. The largest absolute Gasteiger partial charge is 0.392 e. The van der Waals surface area contributed by atoms with E-state index in [-0.39, 0.29) is 10.9 Å². The predicted molar refractivity (Wildman–Crippen MR) is 84.8 cm³/mol. The quantitative estimate of drug-likeness (QED) is 0.664. The van der Waals surface area contributed by atoms with Crippen molar-refractivity contribution in [3.8, 4) is 0 Å². The van der Waals surface area contributed by atoms with E-state index < -0.39 is 5.41 Å². The molecule has 1 amide bonds. The van der Waals surface area contributed by atoms with Gasteiger partial charge in [-0.25, -0.2) is 4.98 Å². The standard InChI is InChI=1S/C14H18ClN3OS/c15-10-5-6-11(17-9-10)18-13(19)14(12(16)20)7-3-1-2-4-8-14/h5-6,9H,1-4,7-8H2,(H2,16,20)(H,17,18,19). The molecule has 0 aliphatic heterocycles. The van der Waals surface area contributed by atoms with Crippen LogP contribution < -0.4 is 11.1 Å². The summed E-state index contributed by atoms with van der Waals surface area (Å²) >= 11 is 11.0. The van der Waals surface area contributed by atoms with Gasteiger partial charge in [0.2, 0.25) is 5.91 Å². The number of nitrogens with one attached hydrogen (secondary N) is 1. The lowest BCUT2D eigenvalue weighted by molar-refractivity contribution is -0.122. The van der Waals surface area contributed by atoms with Gasteiger partial charge in [-0.3, -0.25) is 4.79 Å². The third-order valence-corrected chi connectivity index (χ3v) is 4.45. The highest BCUT2D eigenvalue weighted by atomic mass is 35.5. The number of anilines is 1. The van der Waals surface area contributed by atoms with Crippen LogP contribution in [0.2, 0.25) is 5.02 Å². The van der Waals surface area contributed by atoms with E-state index >= 15 is 0 Å². The molecule has 1 aliphatic carbocycles. The van der Waals surface area contributed by atoms with Crippen LogP contribution in [0.3, 0.4) is 0 Å². The van der Waals surface area contributed by atoms with Crippen molar-refractivity contribution < 1.29 is 4.79 Å². The van der Waals surface area contributed by atoms with Crippen molar-refractivity contribution in [2.75, 3.05) is 5.32 Å². The number of rotatable bonds is 3. The molecule has 0 bridgehead atoms. The van der Waals surface area contributed by atoms with Crippen molar-refractivity contribution in [2.45, 2.75) is 38.5 Å². The summed E-state index contributed by atoms with van der Waals surface area (Å²) in [5, 5.41) is 3.34. The Kier molecular flexibility index (Phi) is 4.94. The monoisotopic (exact) mass is 311 g/mol. The summed E-state index contributed by atoms with van der Waals surface area (Å²) in [6.07, 6.45) is 7.10. The van der Waals surface area contributed by atoms with Crippen LogP contribution in [0.5, 0.6) is 0 Å². The summed E-state index contributed by atoms with van der Waals surface area (Å²) in [6.45, 7) is 0. The second kappa shape index (κ2) is 6.50. The first-order valence-electron chi connectivity index (χ1n) is 6.77. The molecule has 1 saturated carbocycles. The predicted octanol–water partition coefficient (Wildman–Crippen LogP) is 3.30. The summed E-state index contributed by atoms with van der Waals surface area (Å²) in [7, 11) is 0. The van der Waals surface area contributed by atoms with E-state index in [4.69, 9.17) is 29.6 Å². The molecule has 0 saturated heterocycles. The van der Waals surface area contributed by atoms with Crippen LogP contribution in [0.1, 0.15) is 38.5 Å². The van der Waals surface area contributed by atoms with Gasteiger partial charge in [-0.05, 0) is 25.0 Å². The minimum atomic E-state index is -0.743. The number of hydrogen-bond acceptors (Lipinski definition) is 3. The van der Waals surface area contributed by atoms with Crippen LogP contribution in [-0.2, 0) is 4.79 Å². The van der Waals surface area contributed by atoms with E-state index in [1.807, 2.05) is 0 Å². The van der Waals surface area contributed by atoms with Gasteiger partial charge in [0, 0.05) is 6.20 Å². The number of carbonyl (C=O) groups excluding carboxylic acids is 1. The molecule has 4 nitrogen and oxygen atoms in total. The Hall–Kier alpha value is -1.20. The van der Waals surface area contributed by atoms with E-state index in [0.29, 0.717) is 23.7 Å². The molecule has 20 heavy (non-hydrogen) atoms. The maximum absolute atomic E-state index is 12.6. The van der Waals surface area contributed by atoms with Gasteiger partial charge in [0.15, 0.2) is 0 Å². The van der Waals surface area contributed by atoms with Gasteiger partial charge in [0.25, 0.3) is 0 Å². The molecular formula is C14H18ClN3OS. The van der Waals surface area contributed by atoms with E-state index in [9.17, 15) is 4.79 Å². The molecule has 1 aromatic rings. The molecule has 0 atom stereocenters. The number of aromatic nitrogens is 1. The Morgan fingerprint density at radius 2 is 1.95 bits per heavy atom. The summed E-state index contributed by atoms with van der Waals surface area (Å²) in [5.41, 5.74) is 5.14. The molecule has 0 radical (unpaired) electrons. The SMILES string of the molecule is NC(=S)C1(C(=O)Nc2ccc(Cl)cn2)CCCCCC1. The molecule has 0 spiro atoms. The average molecular weight is 312 g/mol. The van der Waals surface area contributed by atoms with Gasteiger partial charge in [-0.1, -0.05) is 49.5 Å². The number of carbonyl (C=O) groups is 1. The Balaban J connectivity index is 2.18. The van der Waals surface area contributed by atoms with E-state index in [0.717, 1.165) is 25.7 Å². The minimum absolute atomic E-state index is 0.151. The van der Waals surface area contributed by atoms with Gasteiger partial charge < -0.3 is 11.1 Å². The van der Waals surface area contributed by atoms with Crippen molar-refractivity contribution in [1.29, 1.82) is 0 Å². The zero-order valence-corrected chi connectivity index (χ0v) is 12.8. The van der Waals surface area contributed by atoms with Gasteiger partial charge in [0.05, 0.1) is 15.4 Å². The number of pyridine rings is 1. The average Bonchev–Trinajstić information content (AvgIpc) is 2.68. The topological polar surface area (TPSA) is 68.0 Å². The van der Waals surface area contributed by atoms with E-state index in [1.54, 1.807) is 12.1 Å². The van der Waals surface area contributed by atoms with Crippen LogP contribution in [0.15, 0.2) is 18.3 Å². The molecule has 1 aromatic heterocycles. The van der Waals surface area contributed by atoms with Crippen LogP contribution in [0, 0.1) is 5.41 Å². The number of halogens is 1. The molecule has 108 valence electrons. The Labute approximate surface area is 129 Å². The molecule has 3 N–H and O–H groups in total. The highest BCUT2D eigenvalue weighted by Gasteiger charge is 2.41. The number of nitrogens with zero attached hydrogens (tertiary/aromatic N) is 1. The molecule has 1 fully saturated rings. The molecule has 2 rings (SSSR count). The fourth-order valence-electron chi connectivity index (χ4n) is 2.60. The maximum Gasteiger partial charge on any atom is 0.238 e. The molecule has 1 aliphatic rings. The summed E-state index contributed by atoms with van der Waals surface area (Å²) < 4.78 is 0. The first kappa shape index (κ1) is 15.2. The second-order valence-electron chi connectivity index (χ2n) is 5.18. The zero-order chi connectivity index (χ0) is 14.6. The molecule has 1 heterocycles. The smallest absolute Gasteiger partial charge is 0.238 e. The van der Waals surface area contributed by atoms with Crippen LogP contribution in [0.4, 0.5) is 5.82 Å². The first-order chi connectivity index (χ1) is 9.54. The van der Waals surface area contributed by atoms with E-state index in [2.05, 4.69) is 10.3 Å². The van der Waals surface area contributed by atoms with Gasteiger partial charge in [-0.15, -0.1) is 0 Å². The minimum Gasteiger partial charge on any atom is -0.392 e. The number of amides is 1. The van der Waals surface area contributed by atoms with E-state index in [1.165, 1.54) is 6.20 Å². The normalized spacial score (nSPS) is 18.1. The maximum atomic E-state index is 12.6. The molecule has 0 aromatic carbocycles. The van der Waals surface area contributed by atoms with Crippen molar-refractivity contribution in [2.24, 2.45) is 11.1 Å². The fraction of sp³-hybridized carbons (Fsp3) is 0.500. The van der Waals surface area contributed by atoms with Crippen LogP contribution in [-0.4, -0.2) is 15.9 Å². The van der Waals surface area contributed by atoms with Crippen LogP contribution >= 0.6 is 23.8 Å². The summed E-state index contributed by atoms with van der Waals surface area (Å²) in [4.78, 5) is 17.0. The van der Waals surface area contributed by atoms with Crippen molar-refractivity contribution in [1.82, 2.24) is 4.98 Å². The Bertz CT molecular complexity index is 496. The fourth-order valence-corrected chi connectivity index (χ4v) is 3.01. The number of thiocarbonyl (C=S) groups is 1. The van der Waals surface area contributed by atoms with Crippen molar-refractivity contribution in [3.05, 3.63) is 23.4 Å². The number of nitrogens with two attached hydrogens (primary N) is 1. The zero-order valence-electron chi connectivity index (χ0n) is 11.2. The molecule has 6 heteroatoms. The molecular weight excluding hydrogens is 294 g/mol. The lowest BCUT2D eigenvalue weighted by atomic mass is 9.79. The van der Waals surface area contributed by atoms with Crippen molar-refractivity contribution in [3.63, 3.8) is 0 Å². The third kappa shape index (κ3) is 3.27. The van der Waals surface area contributed by atoms with Gasteiger partial charge in [0.1, 0.15) is 5.82 Å². The Morgan fingerprint density at radius 1 is 1.30 bits per heavy atom. The lowest BCUT2D eigenvalue weighted by Crippen LogP contribution is -2.45. The summed E-state index contributed by atoms with van der Waals surface area (Å²) in [6, 6.07) is 3.36. The molecule has 0 unspecified atom stereocenters. The van der Waals surface area contributed by atoms with Gasteiger partial charge in [-0.2, -0.15) is 0 Å².